The summed E-state index contributed by atoms with van der Waals surface area (Å²) in [4.78, 5) is 35.0. The Morgan fingerprint density at radius 1 is 1.13 bits per heavy atom. The second-order valence-electron chi connectivity index (χ2n) is 7.54. The lowest BCUT2D eigenvalue weighted by Gasteiger charge is -2.37. The number of likely N-dealkylation sites (N-methyl/N-ethyl adjacent to an activating group) is 1. The van der Waals surface area contributed by atoms with Gasteiger partial charge in [-0.05, 0) is 17.2 Å². The van der Waals surface area contributed by atoms with E-state index in [0.717, 1.165) is 11.1 Å². The third-order valence-electron chi connectivity index (χ3n) is 5.51. The zero-order valence-corrected chi connectivity index (χ0v) is 17.9. The van der Waals surface area contributed by atoms with E-state index in [1.165, 1.54) is 4.90 Å². The molecule has 0 radical (unpaired) electrons. The van der Waals surface area contributed by atoms with E-state index in [1.54, 1.807) is 13.1 Å². The highest BCUT2D eigenvalue weighted by molar-refractivity contribution is 6.31. The Morgan fingerprint density at radius 2 is 1.84 bits per heavy atom. The average Bonchev–Trinajstić information content (AvgIpc) is 3.14. The highest BCUT2D eigenvalue weighted by Gasteiger charge is 2.49. The molecule has 2 aromatic carbocycles. The molecular weight excluding hydrogens is 418 g/mol. The fourth-order valence-corrected chi connectivity index (χ4v) is 4.12. The third-order valence-corrected chi connectivity index (χ3v) is 5.88. The summed E-state index contributed by atoms with van der Waals surface area (Å²) in [7, 11) is 1.62. The van der Waals surface area contributed by atoms with Crippen LogP contribution in [-0.2, 0) is 17.9 Å². The number of benzene rings is 2. The van der Waals surface area contributed by atoms with Crippen molar-refractivity contribution in [3.63, 3.8) is 0 Å². The number of rotatable bonds is 6. The first-order valence-electron chi connectivity index (χ1n) is 10.0. The zero-order valence-electron chi connectivity index (χ0n) is 17.1. The van der Waals surface area contributed by atoms with Crippen LogP contribution in [0.1, 0.15) is 11.1 Å². The first-order valence-corrected chi connectivity index (χ1v) is 10.4. The Hall–Kier alpha value is -3.10. The van der Waals surface area contributed by atoms with E-state index in [4.69, 9.17) is 16.6 Å². The highest BCUT2D eigenvalue weighted by atomic mass is 35.5. The summed E-state index contributed by atoms with van der Waals surface area (Å²) in [6.07, 6.45) is -0.657. The number of carbonyl (C=O) groups excluding carboxylic acids is 2. The molecule has 2 aromatic rings. The first-order chi connectivity index (χ1) is 15.0. The molecule has 0 aliphatic carbocycles. The van der Waals surface area contributed by atoms with Gasteiger partial charge in [0.15, 0.2) is 18.2 Å². The van der Waals surface area contributed by atoms with Gasteiger partial charge < -0.3 is 19.8 Å². The molecule has 2 N–H and O–H groups in total. The van der Waals surface area contributed by atoms with Crippen LogP contribution >= 0.6 is 11.6 Å². The van der Waals surface area contributed by atoms with Crippen LogP contribution in [0.2, 0.25) is 5.02 Å². The molecule has 4 rings (SSSR count). The number of nitrogens with zero attached hydrogens (tertiary/aromatic N) is 4. The summed E-state index contributed by atoms with van der Waals surface area (Å²) < 4.78 is 0. The maximum Gasteiger partial charge on any atom is 0.325 e. The van der Waals surface area contributed by atoms with Gasteiger partial charge in [0.2, 0.25) is 0 Å². The number of aliphatic imine (C=N–C) groups is 1. The van der Waals surface area contributed by atoms with Crippen LogP contribution < -0.4 is 5.32 Å². The van der Waals surface area contributed by atoms with Gasteiger partial charge in [0, 0.05) is 31.7 Å². The Bertz CT molecular complexity index is 1000. The Morgan fingerprint density at radius 3 is 2.55 bits per heavy atom. The van der Waals surface area contributed by atoms with Crippen molar-refractivity contribution in [2.75, 3.05) is 20.2 Å². The summed E-state index contributed by atoms with van der Waals surface area (Å²) >= 11 is 6.40. The van der Waals surface area contributed by atoms with Crippen LogP contribution in [0.25, 0.3) is 0 Å². The molecule has 0 saturated carbocycles. The number of amides is 3. The number of urea groups is 1. The van der Waals surface area contributed by atoms with E-state index in [0.29, 0.717) is 30.6 Å². The number of fused-ring (bicyclic) bond motifs is 1. The number of carbonyl (C=O) groups is 2. The molecule has 9 heteroatoms. The molecule has 1 fully saturated rings. The Labute approximate surface area is 185 Å². The minimum atomic E-state index is -0.689. The molecule has 8 nitrogen and oxygen atoms in total. The largest absolute Gasteiger partial charge is 0.395 e. The molecule has 162 valence electrons. The number of imide groups is 1. The average molecular weight is 442 g/mol. The molecule has 0 spiro atoms. The molecule has 0 aromatic heterocycles. The molecule has 2 heterocycles. The quantitative estimate of drug-likeness (QED) is 0.714. The van der Waals surface area contributed by atoms with Crippen molar-refractivity contribution in [3.8, 4) is 0 Å². The molecule has 2 atom stereocenters. The Kier molecular flexibility index (Phi) is 6.11. The standard InChI is InChI=1S/C22H24ClN5O3/c1-26-19-18(20(30)25-22(26)31)28(14-16-9-5-6-10-17(16)23)21(24-19)27(11-12-29)13-15-7-3-2-4-8-15/h2-10,18-19,29H,11-14H2,1H3,(H,25,30,31). The first kappa shape index (κ1) is 21.1. The van der Waals surface area contributed by atoms with Crippen molar-refractivity contribution in [1.29, 1.82) is 0 Å². The molecule has 0 bridgehead atoms. The monoisotopic (exact) mass is 441 g/mol. The van der Waals surface area contributed by atoms with Gasteiger partial charge in [-0.1, -0.05) is 60.1 Å². The van der Waals surface area contributed by atoms with Crippen LogP contribution in [0, 0.1) is 0 Å². The molecular formula is C22H24ClN5O3. The van der Waals surface area contributed by atoms with Crippen LogP contribution in [0.4, 0.5) is 4.79 Å². The van der Waals surface area contributed by atoms with Gasteiger partial charge in [0.1, 0.15) is 0 Å². The predicted molar refractivity (Wildman–Crippen MR) is 117 cm³/mol. The zero-order chi connectivity index (χ0) is 22.0. The second-order valence-corrected chi connectivity index (χ2v) is 7.95. The summed E-state index contributed by atoms with van der Waals surface area (Å²) in [5.41, 5.74) is 1.88. The SMILES string of the molecule is CN1C(=O)NC(=O)C2C1N=C(N(CCO)Cc1ccccc1)N2Cc1ccccc1Cl. The lowest BCUT2D eigenvalue weighted by molar-refractivity contribution is -0.127. The molecule has 1 saturated heterocycles. The van der Waals surface area contributed by atoms with Gasteiger partial charge in [0.05, 0.1) is 6.61 Å². The number of hydrogen-bond acceptors (Lipinski definition) is 6. The van der Waals surface area contributed by atoms with E-state index in [9.17, 15) is 14.7 Å². The molecule has 2 unspecified atom stereocenters. The summed E-state index contributed by atoms with van der Waals surface area (Å²) in [6, 6.07) is 16.1. The number of aliphatic hydroxyl groups is 1. The summed E-state index contributed by atoms with van der Waals surface area (Å²) in [6.45, 7) is 1.08. The number of hydrogen-bond donors (Lipinski definition) is 2. The van der Waals surface area contributed by atoms with Gasteiger partial charge in [-0.2, -0.15) is 0 Å². The topological polar surface area (TPSA) is 88.5 Å². The van der Waals surface area contributed by atoms with Crippen LogP contribution in [-0.4, -0.2) is 70.1 Å². The van der Waals surface area contributed by atoms with Gasteiger partial charge >= 0.3 is 6.03 Å². The van der Waals surface area contributed by atoms with E-state index < -0.39 is 24.1 Å². The lowest BCUT2D eigenvalue weighted by Crippen LogP contribution is -2.64. The second kappa shape index (κ2) is 8.95. The summed E-state index contributed by atoms with van der Waals surface area (Å²) in [5.74, 6) is 0.145. The van der Waals surface area contributed by atoms with Gasteiger partial charge in [-0.25, -0.2) is 9.79 Å². The van der Waals surface area contributed by atoms with Crippen LogP contribution in [0.3, 0.4) is 0 Å². The fourth-order valence-electron chi connectivity index (χ4n) is 3.93. The normalized spacial score (nSPS) is 20.4. The predicted octanol–water partition coefficient (Wildman–Crippen LogP) is 1.88. The van der Waals surface area contributed by atoms with Crippen molar-refractivity contribution in [2.24, 2.45) is 4.99 Å². The fraction of sp³-hybridized carbons (Fsp3) is 0.318. The molecule has 2 aliphatic heterocycles. The van der Waals surface area contributed by atoms with Gasteiger partial charge in [-0.3, -0.25) is 10.1 Å². The van der Waals surface area contributed by atoms with Crippen LogP contribution in [0.5, 0.6) is 0 Å². The van der Waals surface area contributed by atoms with E-state index in [1.807, 2.05) is 58.3 Å². The van der Waals surface area contributed by atoms with Crippen molar-refractivity contribution in [1.82, 2.24) is 20.0 Å². The molecule has 3 amide bonds. The number of halogens is 1. The smallest absolute Gasteiger partial charge is 0.325 e. The van der Waals surface area contributed by atoms with Crippen molar-refractivity contribution in [3.05, 3.63) is 70.7 Å². The van der Waals surface area contributed by atoms with Crippen molar-refractivity contribution >= 4 is 29.5 Å². The van der Waals surface area contributed by atoms with Crippen LogP contribution in [0.15, 0.2) is 59.6 Å². The van der Waals surface area contributed by atoms with Crippen molar-refractivity contribution in [2.45, 2.75) is 25.3 Å². The minimum Gasteiger partial charge on any atom is -0.395 e. The number of aliphatic hydroxyl groups excluding tert-OH is 1. The molecule has 31 heavy (non-hydrogen) atoms. The van der Waals surface area contributed by atoms with Gasteiger partial charge in [0.25, 0.3) is 5.91 Å². The van der Waals surface area contributed by atoms with E-state index in [-0.39, 0.29) is 6.61 Å². The minimum absolute atomic E-state index is 0.0813. The highest BCUT2D eigenvalue weighted by Crippen LogP contribution is 2.29. The summed E-state index contributed by atoms with van der Waals surface area (Å²) in [5, 5.41) is 12.7. The van der Waals surface area contributed by atoms with Crippen molar-refractivity contribution < 1.29 is 14.7 Å². The number of nitrogens with one attached hydrogen (secondary N) is 1. The maximum absolute atomic E-state index is 12.8. The third kappa shape index (κ3) is 4.22. The number of guanidine groups is 1. The Balaban J connectivity index is 1.72. The maximum atomic E-state index is 12.8. The van der Waals surface area contributed by atoms with E-state index in [2.05, 4.69) is 5.32 Å². The molecule has 2 aliphatic rings. The lowest BCUT2D eigenvalue weighted by atomic mass is 10.1. The van der Waals surface area contributed by atoms with Gasteiger partial charge in [-0.15, -0.1) is 0 Å². The van der Waals surface area contributed by atoms with E-state index >= 15 is 0 Å².